The van der Waals surface area contributed by atoms with Crippen LogP contribution in [0.3, 0.4) is 0 Å². The molecule has 2 fully saturated rings. The number of rotatable bonds is 7. The smallest absolute Gasteiger partial charge is 0.240 e. The van der Waals surface area contributed by atoms with Crippen LogP contribution in [-0.4, -0.2) is 38.7 Å². The lowest BCUT2D eigenvalue weighted by Gasteiger charge is -2.25. The van der Waals surface area contributed by atoms with Crippen LogP contribution in [0.5, 0.6) is 0 Å². The highest BCUT2D eigenvalue weighted by molar-refractivity contribution is 7.89. The van der Waals surface area contributed by atoms with Crippen LogP contribution in [0.25, 0.3) is 0 Å². The number of nitrogens with one attached hydrogen (secondary N) is 2. The molecule has 8 heteroatoms. The summed E-state index contributed by atoms with van der Waals surface area (Å²) in [5, 5.41) is 2.57. The lowest BCUT2D eigenvalue weighted by molar-refractivity contribution is -0.123. The molecular formula is C11H22ClN3O3S. The molecule has 6 nitrogen and oxygen atoms in total. The highest BCUT2D eigenvalue weighted by Crippen LogP contribution is 2.31. The molecule has 0 saturated heterocycles. The predicted molar refractivity (Wildman–Crippen MR) is 75.5 cm³/mol. The van der Waals surface area contributed by atoms with Crippen molar-refractivity contribution >= 4 is 28.3 Å². The van der Waals surface area contributed by atoms with E-state index in [1.54, 1.807) is 0 Å². The van der Waals surface area contributed by atoms with Crippen LogP contribution >= 0.6 is 12.4 Å². The molecule has 0 radical (unpaired) electrons. The molecule has 0 atom stereocenters. The van der Waals surface area contributed by atoms with Crippen molar-refractivity contribution in [1.82, 2.24) is 10.0 Å². The monoisotopic (exact) mass is 311 g/mol. The maximum absolute atomic E-state index is 11.6. The fourth-order valence-electron chi connectivity index (χ4n) is 1.85. The summed E-state index contributed by atoms with van der Waals surface area (Å²) in [6, 6.07) is 0. The van der Waals surface area contributed by atoms with Gasteiger partial charge in [-0.05, 0) is 31.6 Å². The van der Waals surface area contributed by atoms with Gasteiger partial charge < -0.3 is 11.1 Å². The van der Waals surface area contributed by atoms with Gasteiger partial charge in [-0.25, -0.2) is 13.1 Å². The molecular weight excluding hydrogens is 290 g/mol. The van der Waals surface area contributed by atoms with Gasteiger partial charge in [0.1, 0.15) is 0 Å². The van der Waals surface area contributed by atoms with Gasteiger partial charge >= 0.3 is 0 Å². The summed E-state index contributed by atoms with van der Waals surface area (Å²) < 4.78 is 25.8. The minimum Gasteiger partial charge on any atom is -0.353 e. The Morgan fingerprint density at radius 2 is 1.95 bits per heavy atom. The second-order valence-corrected chi connectivity index (χ2v) is 7.30. The molecule has 0 heterocycles. The first-order valence-corrected chi connectivity index (χ1v) is 8.11. The van der Waals surface area contributed by atoms with Gasteiger partial charge in [0, 0.05) is 13.1 Å². The third kappa shape index (κ3) is 4.91. The lowest BCUT2D eigenvalue weighted by Crippen LogP contribution is -2.45. The number of sulfonamides is 1. The first-order valence-electron chi connectivity index (χ1n) is 6.46. The Labute approximate surface area is 120 Å². The zero-order chi connectivity index (χ0) is 13.2. The molecule has 0 aromatic carbocycles. The number of hydrogen-bond donors (Lipinski definition) is 3. The highest BCUT2D eigenvalue weighted by atomic mass is 35.5. The third-order valence-electron chi connectivity index (χ3n) is 3.71. The molecule has 1 amide bonds. The lowest BCUT2D eigenvalue weighted by atomic mass is 9.86. The Hall–Kier alpha value is -0.370. The molecule has 0 aliphatic heterocycles. The van der Waals surface area contributed by atoms with Crippen molar-refractivity contribution in [1.29, 1.82) is 0 Å². The maximum atomic E-state index is 11.6. The molecule has 0 bridgehead atoms. The van der Waals surface area contributed by atoms with Crippen molar-refractivity contribution in [3.63, 3.8) is 0 Å². The number of carbonyl (C=O) groups excluding carboxylic acids is 1. The maximum Gasteiger partial charge on any atom is 0.240 e. The summed E-state index contributed by atoms with van der Waals surface area (Å²) >= 11 is 0. The quantitative estimate of drug-likeness (QED) is 0.602. The normalized spacial score (nSPS) is 21.1. The van der Waals surface area contributed by atoms with Crippen molar-refractivity contribution in [2.24, 2.45) is 11.7 Å². The van der Waals surface area contributed by atoms with E-state index in [1.807, 2.05) is 0 Å². The minimum atomic E-state index is -3.28. The Morgan fingerprint density at radius 3 is 2.42 bits per heavy atom. The standard InChI is InChI=1S/C11H21N3O3S.ClH/c12-11(4-5-11)10(15)13-6-7-18(16,17)14-8-9-2-1-3-9;/h9,14H,1-8,12H2,(H,13,15);1H. The Bertz CT molecular complexity index is 419. The van der Waals surface area contributed by atoms with E-state index in [0.29, 0.717) is 25.3 Å². The summed E-state index contributed by atoms with van der Waals surface area (Å²) in [6.07, 6.45) is 4.78. The topological polar surface area (TPSA) is 101 Å². The molecule has 2 aliphatic carbocycles. The number of carbonyl (C=O) groups is 1. The third-order valence-corrected chi connectivity index (χ3v) is 5.06. The molecule has 2 rings (SSSR count). The molecule has 0 aromatic rings. The molecule has 112 valence electrons. The van der Waals surface area contributed by atoms with E-state index in [9.17, 15) is 13.2 Å². The summed E-state index contributed by atoms with van der Waals surface area (Å²) in [5.41, 5.74) is 4.95. The van der Waals surface area contributed by atoms with Gasteiger partial charge in [-0.15, -0.1) is 12.4 Å². The van der Waals surface area contributed by atoms with Crippen LogP contribution in [0.15, 0.2) is 0 Å². The number of amides is 1. The van der Waals surface area contributed by atoms with E-state index in [2.05, 4.69) is 10.0 Å². The van der Waals surface area contributed by atoms with Gasteiger partial charge in [0.05, 0.1) is 11.3 Å². The van der Waals surface area contributed by atoms with E-state index in [0.717, 1.165) is 12.8 Å². The van der Waals surface area contributed by atoms with Crippen LogP contribution in [0, 0.1) is 5.92 Å². The first kappa shape index (κ1) is 16.7. The first-order chi connectivity index (χ1) is 8.41. The summed E-state index contributed by atoms with van der Waals surface area (Å²) in [7, 11) is -3.28. The van der Waals surface area contributed by atoms with Crippen LogP contribution in [0.4, 0.5) is 0 Å². The van der Waals surface area contributed by atoms with E-state index in [1.165, 1.54) is 6.42 Å². The van der Waals surface area contributed by atoms with Crippen molar-refractivity contribution in [2.75, 3.05) is 18.8 Å². The fraction of sp³-hybridized carbons (Fsp3) is 0.909. The van der Waals surface area contributed by atoms with Crippen LogP contribution < -0.4 is 15.8 Å². The van der Waals surface area contributed by atoms with Gasteiger partial charge in [-0.2, -0.15) is 0 Å². The number of hydrogen-bond acceptors (Lipinski definition) is 4. The van der Waals surface area contributed by atoms with Gasteiger partial charge in [-0.3, -0.25) is 4.79 Å². The van der Waals surface area contributed by atoms with Crippen LogP contribution in [0.2, 0.25) is 0 Å². The molecule has 0 spiro atoms. The van der Waals surface area contributed by atoms with Crippen LogP contribution in [-0.2, 0) is 14.8 Å². The Balaban J connectivity index is 0.00000180. The van der Waals surface area contributed by atoms with Gasteiger partial charge in [0.25, 0.3) is 0 Å². The molecule has 2 aliphatic rings. The Kier molecular flexibility index (Phi) is 5.61. The largest absolute Gasteiger partial charge is 0.353 e. The molecule has 0 unspecified atom stereocenters. The van der Waals surface area contributed by atoms with E-state index in [-0.39, 0.29) is 30.6 Å². The fourth-order valence-corrected chi connectivity index (χ4v) is 2.86. The summed E-state index contributed by atoms with van der Waals surface area (Å²) in [5.74, 6) is 0.173. The average molecular weight is 312 g/mol. The van der Waals surface area contributed by atoms with Crippen molar-refractivity contribution in [2.45, 2.75) is 37.6 Å². The summed E-state index contributed by atoms with van der Waals surface area (Å²) in [6.45, 7) is 0.648. The molecule has 0 aromatic heterocycles. The minimum absolute atomic E-state index is 0. The van der Waals surface area contributed by atoms with E-state index >= 15 is 0 Å². The van der Waals surface area contributed by atoms with E-state index in [4.69, 9.17) is 5.73 Å². The predicted octanol–water partition coefficient (Wildman–Crippen LogP) is -0.265. The molecule has 19 heavy (non-hydrogen) atoms. The van der Waals surface area contributed by atoms with Gasteiger partial charge in [-0.1, -0.05) is 6.42 Å². The number of nitrogens with two attached hydrogens (primary N) is 1. The Morgan fingerprint density at radius 1 is 1.32 bits per heavy atom. The molecule has 4 N–H and O–H groups in total. The average Bonchev–Trinajstić information content (AvgIpc) is 2.95. The second kappa shape index (κ2) is 6.39. The molecule has 2 saturated carbocycles. The second-order valence-electron chi connectivity index (χ2n) is 5.38. The van der Waals surface area contributed by atoms with E-state index < -0.39 is 15.6 Å². The van der Waals surface area contributed by atoms with Crippen molar-refractivity contribution < 1.29 is 13.2 Å². The highest BCUT2D eigenvalue weighted by Gasteiger charge is 2.45. The zero-order valence-corrected chi connectivity index (χ0v) is 12.5. The van der Waals surface area contributed by atoms with Crippen LogP contribution in [0.1, 0.15) is 32.1 Å². The van der Waals surface area contributed by atoms with Crippen molar-refractivity contribution in [3.05, 3.63) is 0 Å². The van der Waals surface area contributed by atoms with Gasteiger partial charge in [0.2, 0.25) is 15.9 Å². The summed E-state index contributed by atoms with van der Waals surface area (Å²) in [4.78, 5) is 11.5. The SMILES string of the molecule is Cl.NC1(C(=O)NCCS(=O)(=O)NCC2CCC2)CC1. The van der Waals surface area contributed by atoms with Crippen molar-refractivity contribution in [3.8, 4) is 0 Å². The zero-order valence-electron chi connectivity index (χ0n) is 10.9. The number of halogens is 1. The van der Waals surface area contributed by atoms with Gasteiger partial charge in [0.15, 0.2) is 0 Å².